The Labute approximate surface area is 176 Å². The number of rotatable bonds is 8. The van der Waals surface area contributed by atoms with E-state index >= 15 is 0 Å². The van der Waals surface area contributed by atoms with Crippen LogP contribution in [-0.4, -0.2) is 27.8 Å². The molecular weight excluding hydrogens is 423 g/mol. The Balaban J connectivity index is 2.31. The minimum absolute atomic E-state index is 0.0109. The van der Waals surface area contributed by atoms with Crippen molar-refractivity contribution in [2.24, 2.45) is 0 Å². The van der Waals surface area contributed by atoms with E-state index in [0.29, 0.717) is 21.5 Å². The van der Waals surface area contributed by atoms with Gasteiger partial charge in [0, 0.05) is 23.0 Å². The van der Waals surface area contributed by atoms with Gasteiger partial charge in [-0.2, -0.15) is 0 Å². The summed E-state index contributed by atoms with van der Waals surface area (Å²) in [5, 5.41) is 0.992. The molecule has 1 heterocycles. The third kappa shape index (κ3) is 5.12. The first-order chi connectivity index (χ1) is 13.3. The number of H-pyrrole nitrogens is 1. The molecule has 2 aromatic rings. The van der Waals surface area contributed by atoms with Gasteiger partial charge in [-0.3, -0.25) is 19.1 Å². The standard InChI is InChI=1S/C18H22Cl2N4O3S/c1-3-5-8-24-16(21)15(17(26)22-18(24)27)23(4-2)14(25)10-28-13-9-11(19)6-7-12(13)20/h6-7,9H,3-5,8,10,21H2,1-2H3,(H,22,26,27). The van der Waals surface area contributed by atoms with E-state index in [0.717, 1.165) is 12.8 Å². The van der Waals surface area contributed by atoms with Crippen LogP contribution in [0.4, 0.5) is 11.5 Å². The van der Waals surface area contributed by atoms with Crippen LogP contribution in [0.2, 0.25) is 10.0 Å². The van der Waals surface area contributed by atoms with Crippen LogP contribution < -0.4 is 21.9 Å². The minimum Gasteiger partial charge on any atom is -0.383 e. The summed E-state index contributed by atoms with van der Waals surface area (Å²) in [4.78, 5) is 41.4. The molecule has 0 unspecified atom stereocenters. The van der Waals surface area contributed by atoms with E-state index in [4.69, 9.17) is 28.9 Å². The first-order valence-electron chi connectivity index (χ1n) is 8.80. The molecule has 0 atom stereocenters. The number of carbonyl (C=O) groups excluding carboxylic acids is 1. The molecule has 7 nitrogen and oxygen atoms in total. The monoisotopic (exact) mass is 444 g/mol. The van der Waals surface area contributed by atoms with Gasteiger partial charge in [0.05, 0.1) is 10.8 Å². The van der Waals surface area contributed by atoms with E-state index in [1.54, 1.807) is 25.1 Å². The lowest BCUT2D eigenvalue weighted by Gasteiger charge is -2.23. The topological polar surface area (TPSA) is 101 Å². The molecule has 1 aromatic carbocycles. The number of thioether (sulfide) groups is 1. The second-order valence-corrected chi connectivity index (χ2v) is 7.86. The summed E-state index contributed by atoms with van der Waals surface area (Å²) in [6.45, 7) is 4.30. The number of nitrogens with zero attached hydrogens (tertiary/aromatic N) is 2. The first kappa shape index (κ1) is 22.4. The number of hydrogen-bond acceptors (Lipinski definition) is 5. The van der Waals surface area contributed by atoms with Crippen molar-refractivity contribution in [2.45, 2.75) is 38.1 Å². The van der Waals surface area contributed by atoms with Crippen molar-refractivity contribution in [3.63, 3.8) is 0 Å². The molecule has 0 spiro atoms. The van der Waals surface area contributed by atoms with E-state index < -0.39 is 11.2 Å². The fourth-order valence-electron chi connectivity index (χ4n) is 2.64. The van der Waals surface area contributed by atoms with E-state index in [1.807, 2.05) is 6.92 Å². The van der Waals surface area contributed by atoms with Crippen LogP contribution >= 0.6 is 35.0 Å². The number of aromatic amines is 1. The highest BCUT2D eigenvalue weighted by Gasteiger charge is 2.23. The maximum absolute atomic E-state index is 12.8. The fourth-order valence-corrected chi connectivity index (χ4v) is 4.01. The lowest BCUT2D eigenvalue weighted by atomic mass is 10.3. The zero-order valence-corrected chi connectivity index (χ0v) is 18.0. The fraction of sp³-hybridized carbons (Fsp3) is 0.389. The van der Waals surface area contributed by atoms with Crippen molar-refractivity contribution in [1.29, 1.82) is 0 Å². The maximum atomic E-state index is 12.8. The Morgan fingerprint density at radius 2 is 2.00 bits per heavy atom. The molecule has 1 aromatic heterocycles. The number of halogens is 2. The molecule has 152 valence electrons. The summed E-state index contributed by atoms with van der Waals surface area (Å²) in [6.07, 6.45) is 1.58. The van der Waals surface area contributed by atoms with Crippen LogP contribution in [0.5, 0.6) is 0 Å². The lowest BCUT2D eigenvalue weighted by Crippen LogP contribution is -2.41. The lowest BCUT2D eigenvalue weighted by molar-refractivity contribution is -0.116. The number of aromatic nitrogens is 2. The largest absolute Gasteiger partial charge is 0.383 e. The van der Waals surface area contributed by atoms with Gasteiger partial charge >= 0.3 is 5.69 Å². The summed E-state index contributed by atoms with van der Waals surface area (Å²) in [6, 6.07) is 4.98. The molecule has 2 rings (SSSR count). The molecule has 10 heteroatoms. The number of unbranched alkanes of at least 4 members (excludes halogenated alkanes) is 1. The third-order valence-corrected chi connectivity index (χ3v) is 5.80. The van der Waals surface area contributed by atoms with Gasteiger partial charge in [0.2, 0.25) is 5.91 Å². The predicted molar refractivity (Wildman–Crippen MR) is 116 cm³/mol. The van der Waals surface area contributed by atoms with Crippen molar-refractivity contribution in [2.75, 3.05) is 22.9 Å². The van der Waals surface area contributed by atoms with Gasteiger partial charge in [0.1, 0.15) is 5.82 Å². The summed E-state index contributed by atoms with van der Waals surface area (Å²) in [7, 11) is 0. The Bertz CT molecular complexity index is 974. The maximum Gasteiger partial charge on any atom is 0.330 e. The molecule has 1 amide bonds. The zero-order valence-electron chi connectivity index (χ0n) is 15.6. The molecule has 0 saturated heterocycles. The molecular formula is C18H22Cl2N4O3S. The molecule has 0 aliphatic carbocycles. The molecule has 0 saturated carbocycles. The van der Waals surface area contributed by atoms with Gasteiger partial charge in [0.25, 0.3) is 5.56 Å². The van der Waals surface area contributed by atoms with Crippen LogP contribution in [0.15, 0.2) is 32.7 Å². The molecule has 0 bridgehead atoms. The number of amides is 1. The highest BCUT2D eigenvalue weighted by molar-refractivity contribution is 8.00. The molecule has 0 aliphatic heterocycles. The highest BCUT2D eigenvalue weighted by atomic mass is 35.5. The van der Waals surface area contributed by atoms with Crippen LogP contribution in [0.25, 0.3) is 0 Å². The van der Waals surface area contributed by atoms with Crippen molar-refractivity contribution >= 4 is 52.4 Å². The molecule has 0 aliphatic rings. The smallest absolute Gasteiger partial charge is 0.330 e. The number of nitrogens with one attached hydrogen (secondary N) is 1. The summed E-state index contributed by atoms with van der Waals surface area (Å²) in [5.41, 5.74) is 4.82. The van der Waals surface area contributed by atoms with Gasteiger partial charge < -0.3 is 10.6 Å². The minimum atomic E-state index is -0.684. The van der Waals surface area contributed by atoms with Crippen LogP contribution in [0.3, 0.4) is 0 Å². The molecule has 0 fully saturated rings. The number of anilines is 2. The van der Waals surface area contributed by atoms with E-state index in [1.165, 1.54) is 21.2 Å². The number of benzene rings is 1. The Kier molecular flexibility index (Phi) is 8.03. The predicted octanol–water partition coefficient (Wildman–Crippen LogP) is 3.37. The van der Waals surface area contributed by atoms with Gasteiger partial charge in [-0.25, -0.2) is 4.79 Å². The van der Waals surface area contributed by atoms with Gasteiger partial charge in [0.15, 0.2) is 5.69 Å². The van der Waals surface area contributed by atoms with Gasteiger partial charge in [-0.1, -0.05) is 36.5 Å². The molecule has 28 heavy (non-hydrogen) atoms. The molecule has 3 N–H and O–H groups in total. The zero-order chi connectivity index (χ0) is 20.8. The first-order valence-corrected chi connectivity index (χ1v) is 10.5. The van der Waals surface area contributed by atoms with Crippen LogP contribution in [-0.2, 0) is 11.3 Å². The third-order valence-electron chi connectivity index (χ3n) is 4.08. The number of nitrogens with two attached hydrogens (primary N) is 1. The summed E-state index contributed by atoms with van der Waals surface area (Å²) in [5.74, 6) is -0.314. The summed E-state index contributed by atoms with van der Waals surface area (Å²) < 4.78 is 1.29. The van der Waals surface area contributed by atoms with Crippen LogP contribution in [0.1, 0.15) is 26.7 Å². The number of hydrogen-bond donors (Lipinski definition) is 2. The van der Waals surface area contributed by atoms with Gasteiger partial charge in [-0.15, -0.1) is 11.8 Å². The van der Waals surface area contributed by atoms with E-state index in [2.05, 4.69) is 4.98 Å². The van der Waals surface area contributed by atoms with E-state index in [-0.39, 0.29) is 29.7 Å². The van der Waals surface area contributed by atoms with Crippen molar-refractivity contribution < 1.29 is 4.79 Å². The average Bonchev–Trinajstić information content (AvgIpc) is 2.65. The van der Waals surface area contributed by atoms with Crippen molar-refractivity contribution in [3.05, 3.63) is 49.1 Å². The highest BCUT2D eigenvalue weighted by Crippen LogP contribution is 2.30. The SMILES string of the molecule is CCCCn1c(N)c(N(CC)C(=O)CSc2cc(Cl)ccc2Cl)c(=O)[nH]c1=O. The van der Waals surface area contributed by atoms with Gasteiger partial charge in [-0.05, 0) is 31.5 Å². The molecule has 0 radical (unpaired) electrons. The van der Waals surface area contributed by atoms with Crippen molar-refractivity contribution in [1.82, 2.24) is 9.55 Å². The Morgan fingerprint density at radius 3 is 2.64 bits per heavy atom. The number of nitrogen functional groups attached to an aromatic ring is 1. The quantitative estimate of drug-likeness (QED) is 0.607. The number of carbonyl (C=O) groups is 1. The second kappa shape index (κ2) is 10.0. The van der Waals surface area contributed by atoms with Crippen LogP contribution in [0, 0.1) is 0 Å². The second-order valence-electron chi connectivity index (χ2n) is 6.00. The van der Waals surface area contributed by atoms with Crippen molar-refractivity contribution in [3.8, 4) is 0 Å². The normalized spacial score (nSPS) is 10.9. The summed E-state index contributed by atoms with van der Waals surface area (Å²) >= 11 is 13.3. The Hall–Kier alpha value is -1.90. The average molecular weight is 445 g/mol. The van der Waals surface area contributed by atoms with E-state index in [9.17, 15) is 14.4 Å². The Morgan fingerprint density at radius 1 is 1.29 bits per heavy atom.